The predicted octanol–water partition coefficient (Wildman–Crippen LogP) is 4.08. The van der Waals surface area contributed by atoms with Gasteiger partial charge in [-0.3, -0.25) is 0 Å². The van der Waals surface area contributed by atoms with Crippen molar-refractivity contribution in [1.82, 2.24) is 0 Å². The lowest BCUT2D eigenvalue weighted by Gasteiger charge is -2.15. The Morgan fingerprint density at radius 2 is 2.18 bits per heavy atom. The number of halogens is 1. The summed E-state index contributed by atoms with van der Waals surface area (Å²) in [6, 6.07) is 10.2. The minimum atomic E-state index is 0.397. The number of aryl methyl sites for hydroxylation is 1. The van der Waals surface area contributed by atoms with Crippen LogP contribution >= 0.6 is 22.9 Å². The van der Waals surface area contributed by atoms with Crippen molar-refractivity contribution in [3.05, 3.63) is 57.2 Å². The maximum absolute atomic E-state index is 6.01. The highest BCUT2D eigenvalue weighted by Crippen LogP contribution is 2.23. The smallest absolute Gasteiger partial charge is 0.0408 e. The summed E-state index contributed by atoms with van der Waals surface area (Å²) < 4.78 is 0. The van der Waals surface area contributed by atoms with Gasteiger partial charge in [-0.1, -0.05) is 23.7 Å². The Bertz CT molecular complexity index is 453. The Morgan fingerprint density at radius 1 is 1.29 bits per heavy atom. The van der Waals surface area contributed by atoms with E-state index in [1.165, 1.54) is 11.1 Å². The first-order valence-electron chi connectivity index (χ1n) is 5.76. The maximum Gasteiger partial charge on any atom is 0.0408 e. The highest BCUT2D eigenvalue weighted by molar-refractivity contribution is 7.07. The van der Waals surface area contributed by atoms with Gasteiger partial charge in [0, 0.05) is 5.02 Å². The quantitative estimate of drug-likeness (QED) is 0.866. The molecule has 3 heteroatoms. The van der Waals surface area contributed by atoms with E-state index in [-0.39, 0.29) is 0 Å². The van der Waals surface area contributed by atoms with Gasteiger partial charge in [-0.2, -0.15) is 11.3 Å². The van der Waals surface area contributed by atoms with Crippen molar-refractivity contribution < 1.29 is 0 Å². The van der Waals surface area contributed by atoms with Crippen molar-refractivity contribution in [2.24, 2.45) is 5.73 Å². The Hall–Kier alpha value is -0.830. The molecular formula is C14H16ClNS. The van der Waals surface area contributed by atoms with Crippen LogP contribution in [0.4, 0.5) is 0 Å². The van der Waals surface area contributed by atoms with Gasteiger partial charge in [-0.05, 0) is 65.4 Å². The Morgan fingerprint density at radius 3 is 2.82 bits per heavy atom. The van der Waals surface area contributed by atoms with Gasteiger partial charge in [-0.15, -0.1) is 0 Å². The van der Waals surface area contributed by atoms with Gasteiger partial charge in [0.05, 0.1) is 0 Å². The first-order chi connectivity index (χ1) is 8.29. The molecule has 0 saturated carbocycles. The monoisotopic (exact) mass is 265 g/mol. The number of rotatable bonds is 5. The molecule has 0 spiro atoms. The molecule has 0 radical (unpaired) electrons. The zero-order chi connectivity index (χ0) is 12.1. The summed E-state index contributed by atoms with van der Waals surface area (Å²) in [5, 5.41) is 5.11. The van der Waals surface area contributed by atoms with Crippen LogP contribution in [0.3, 0.4) is 0 Å². The van der Waals surface area contributed by atoms with Crippen LogP contribution < -0.4 is 5.73 Å². The summed E-state index contributed by atoms with van der Waals surface area (Å²) in [4.78, 5) is 0. The summed E-state index contributed by atoms with van der Waals surface area (Å²) in [5.41, 5.74) is 8.50. The number of hydrogen-bond donors (Lipinski definition) is 1. The van der Waals surface area contributed by atoms with Crippen LogP contribution in [0.1, 0.15) is 23.5 Å². The van der Waals surface area contributed by atoms with Gasteiger partial charge in [0.2, 0.25) is 0 Å². The summed E-state index contributed by atoms with van der Waals surface area (Å²) >= 11 is 7.75. The third-order valence-electron chi connectivity index (χ3n) is 2.97. The van der Waals surface area contributed by atoms with Crippen molar-refractivity contribution in [3.8, 4) is 0 Å². The zero-order valence-electron chi connectivity index (χ0n) is 9.60. The third-order valence-corrected chi connectivity index (χ3v) is 3.93. The van der Waals surface area contributed by atoms with Gasteiger partial charge < -0.3 is 5.73 Å². The van der Waals surface area contributed by atoms with Crippen molar-refractivity contribution in [3.63, 3.8) is 0 Å². The molecule has 0 aliphatic heterocycles. The molecule has 1 aromatic carbocycles. The van der Waals surface area contributed by atoms with Crippen molar-refractivity contribution in [2.75, 3.05) is 6.54 Å². The van der Waals surface area contributed by atoms with E-state index in [2.05, 4.69) is 22.9 Å². The second-order valence-electron chi connectivity index (χ2n) is 4.16. The summed E-state index contributed by atoms with van der Waals surface area (Å²) in [7, 11) is 0. The predicted molar refractivity (Wildman–Crippen MR) is 75.9 cm³/mol. The molecule has 0 aliphatic carbocycles. The molecule has 0 amide bonds. The highest BCUT2D eigenvalue weighted by Gasteiger charge is 2.10. The minimum absolute atomic E-state index is 0.397. The lowest BCUT2D eigenvalue weighted by Crippen LogP contribution is -2.13. The van der Waals surface area contributed by atoms with Crippen molar-refractivity contribution in [1.29, 1.82) is 0 Å². The fraction of sp³-hybridized carbons (Fsp3) is 0.286. The van der Waals surface area contributed by atoms with Crippen LogP contribution in [0.25, 0.3) is 0 Å². The van der Waals surface area contributed by atoms with Gasteiger partial charge in [0.25, 0.3) is 0 Å². The zero-order valence-corrected chi connectivity index (χ0v) is 11.2. The average molecular weight is 266 g/mol. The van der Waals surface area contributed by atoms with Gasteiger partial charge >= 0.3 is 0 Å². The van der Waals surface area contributed by atoms with E-state index in [0.717, 1.165) is 17.9 Å². The van der Waals surface area contributed by atoms with Gasteiger partial charge in [0.15, 0.2) is 0 Å². The molecule has 17 heavy (non-hydrogen) atoms. The molecule has 1 nitrogen and oxygen atoms in total. The second kappa shape index (κ2) is 6.20. The topological polar surface area (TPSA) is 26.0 Å². The molecule has 1 aromatic heterocycles. The molecule has 1 atom stereocenters. The molecule has 0 fully saturated rings. The van der Waals surface area contributed by atoms with Crippen LogP contribution in [-0.4, -0.2) is 6.54 Å². The highest BCUT2D eigenvalue weighted by atomic mass is 35.5. The van der Waals surface area contributed by atoms with Gasteiger partial charge in [-0.25, -0.2) is 0 Å². The van der Waals surface area contributed by atoms with E-state index in [9.17, 15) is 0 Å². The van der Waals surface area contributed by atoms with Crippen LogP contribution in [0, 0.1) is 0 Å². The Labute approximate surface area is 111 Å². The first-order valence-corrected chi connectivity index (χ1v) is 7.08. The van der Waals surface area contributed by atoms with Crippen LogP contribution in [0.5, 0.6) is 0 Å². The number of thiophene rings is 1. The number of benzene rings is 1. The standard InChI is InChI=1S/C14H16ClNS/c15-14-3-1-2-12(8-14)13(9-16)5-4-11-6-7-17-10-11/h1-3,6-8,10,13H,4-5,9,16H2. The van der Waals surface area contributed by atoms with Crippen LogP contribution in [-0.2, 0) is 6.42 Å². The largest absolute Gasteiger partial charge is 0.330 e. The Kier molecular flexibility index (Phi) is 4.60. The lowest BCUT2D eigenvalue weighted by atomic mass is 9.93. The second-order valence-corrected chi connectivity index (χ2v) is 5.37. The van der Waals surface area contributed by atoms with E-state index < -0.39 is 0 Å². The summed E-state index contributed by atoms with van der Waals surface area (Å²) in [6.07, 6.45) is 2.16. The number of nitrogens with two attached hydrogens (primary N) is 1. The molecule has 0 bridgehead atoms. The third kappa shape index (κ3) is 3.56. The van der Waals surface area contributed by atoms with E-state index >= 15 is 0 Å². The fourth-order valence-electron chi connectivity index (χ4n) is 1.96. The van der Waals surface area contributed by atoms with Crippen molar-refractivity contribution in [2.45, 2.75) is 18.8 Å². The van der Waals surface area contributed by atoms with Crippen LogP contribution in [0.2, 0.25) is 5.02 Å². The molecule has 2 N–H and O–H groups in total. The molecular weight excluding hydrogens is 250 g/mol. The van der Waals surface area contributed by atoms with E-state index in [1.807, 2.05) is 18.2 Å². The molecule has 2 aromatic rings. The maximum atomic E-state index is 6.01. The average Bonchev–Trinajstić information content (AvgIpc) is 2.83. The minimum Gasteiger partial charge on any atom is -0.330 e. The SMILES string of the molecule is NCC(CCc1ccsc1)c1cccc(Cl)c1. The van der Waals surface area contributed by atoms with Gasteiger partial charge in [0.1, 0.15) is 0 Å². The Balaban J connectivity index is 2.01. The van der Waals surface area contributed by atoms with Crippen LogP contribution in [0.15, 0.2) is 41.1 Å². The van der Waals surface area contributed by atoms with E-state index in [1.54, 1.807) is 11.3 Å². The summed E-state index contributed by atoms with van der Waals surface area (Å²) in [6.45, 7) is 0.671. The summed E-state index contributed by atoms with van der Waals surface area (Å²) in [5.74, 6) is 0.397. The van der Waals surface area contributed by atoms with Crippen molar-refractivity contribution >= 4 is 22.9 Å². The number of hydrogen-bond acceptors (Lipinski definition) is 2. The fourth-order valence-corrected chi connectivity index (χ4v) is 2.86. The molecule has 2 rings (SSSR count). The molecule has 0 saturated heterocycles. The molecule has 1 heterocycles. The van der Waals surface area contributed by atoms with E-state index in [4.69, 9.17) is 17.3 Å². The van der Waals surface area contributed by atoms with E-state index in [0.29, 0.717) is 12.5 Å². The normalized spacial score (nSPS) is 12.6. The lowest BCUT2D eigenvalue weighted by molar-refractivity contribution is 0.634. The molecule has 90 valence electrons. The molecule has 1 unspecified atom stereocenters. The first kappa shape index (κ1) is 12.6. The molecule has 0 aliphatic rings.